The van der Waals surface area contributed by atoms with Crippen molar-refractivity contribution in [1.29, 1.82) is 0 Å². The maximum Gasteiger partial charge on any atom is 0.229 e. The van der Waals surface area contributed by atoms with E-state index in [2.05, 4.69) is 10.3 Å². The summed E-state index contributed by atoms with van der Waals surface area (Å²) in [5, 5.41) is 5.32. The van der Waals surface area contributed by atoms with Crippen LogP contribution < -0.4 is 5.32 Å². The molecule has 0 spiro atoms. The summed E-state index contributed by atoms with van der Waals surface area (Å²) in [6, 6.07) is 8.79. The highest BCUT2D eigenvalue weighted by molar-refractivity contribution is 7.14. The Kier molecular flexibility index (Phi) is 4.43. The number of aromatic nitrogens is 1. The van der Waals surface area contributed by atoms with Crippen LogP contribution in [0.1, 0.15) is 5.56 Å². The highest BCUT2D eigenvalue weighted by atomic mass is 32.1. The second kappa shape index (κ2) is 6.66. The number of benzene rings is 1. The molecule has 1 amide bonds. The van der Waals surface area contributed by atoms with Crippen LogP contribution in [0.25, 0.3) is 11.1 Å². The second-order valence-electron chi connectivity index (χ2n) is 4.90. The molecule has 116 valence electrons. The first-order valence-electron chi connectivity index (χ1n) is 6.84. The lowest BCUT2D eigenvalue weighted by Gasteiger charge is -2.04. The molecule has 2 heterocycles. The van der Waals surface area contributed by atoms with Gasteiger partial charge in [-0.15, -0.1) is 11.3 Å². The monoisotopic (exact) mass is 330 g/mol. The van der Waals surface area contributed by atoms with Crippen LogP contribution in [0.2, 0.25) is 0 Å². The minimum atomic E-state index is -0.719. The zero-order chi connectivity index (χ0) is 16.2. The first-order valence-corrected chi connectivity index (χ1v) is 7.72. The molecule has 3 nitrogen and oxygen atoms in total. The topological polar surface area (TPSA) is 42.0 Å². The Hall–Kier alpha value is -2.60. The van der Waals surface area contributed by atoms with Crippen molar-refractivity contribution in [3.8, 4) is 11.1 Å². The van der Waals surface area contributed by atoms with E-state index in [1.165, 1.54) is 17.4 Å². The zero-order valence-corrected chi connectivity index (χ0v) is 12.7. The van der Waals surface area contributed by atoms with Gasteiger partial charge in [0.2, 0.25) is 5.91 Å². The molecule has 0 bridgehead atoms. The lowest BCUT2D eigenvalue weighted by atomic mass is 10.1. The summed E-state index contributed by atoms with van der Waals surface area (Å²) in [6.45, 7) is 0. The summed E-state index contributed by atoms with van der Waals surface area (Å²) in [5.41, 5.74) is 2.14. The number of amides is 1. The Bertz CT molecular complexity index is 834. The molecule has 2 aromatic heterocycles. The van der Waals surface area contributed by atoms with Gasteiger partial charge in [-0.05, 0) is 41.0 Å². The third-order valence-corrected chi connectivity index (χ3v) is 4.09. The molecule has 0 saturated heterocycles. The SMILES string of the molecule is O=C(Cc1ccc(F)cc1F)Nc1cc(-c2ccncc2)cs1. The van der Waals surface area contributed by atoms with Gasteiger partial charge in [-0.1, -0.05) is 6.07 Å². The fraction of sp³-hybridized carbons (Fsp3) is 0.0588. The van der Waals surface area contributed by atoms with Crippen molar-refractivity contribution in [2.24, 2.45) is 0 Å². The third kappa shape index (κ3) is 3.78. The summed E-state index contributed by atoms with van der Waals surface area (Å²) >= 11 is 1.38. The van der Waals surface area contributed by atoms with E-state index < -0.39 is 11.6 Å². The van der Waals surface area contributed by atoms with Gasteiger partial charge in [0, 0.05) is 23.8 Å². The number of halogens is 2. The summed E-state index contributed by atoms with van der Waals surface area (Å²) in [7, 11) is 0. The van der Waals surface area contributed by atoms with Crippen molar-refractivity contribution in [1.82, 2.24) is 4.98 Å². The summed E-state index contributed by atoms with van der Waals surface area (Å²) in [5.74, 6) is -1.73. The standard InChI is InChI=1S/C17H12F2N2OS/c18-14-2-1-12(15(19)9-14)7-16(22)21-17-8-13(10-23-17)11-3-5-20-6-4-11/h1-6,8-10H,7H2,(H,21,22). The summed E-state index contributed by atoms with van der Waals surface area (Å²) < 4.78 is 26.4. The lowest BCUT2D eigenvalue weighted by Crippen LogP contribution is -2.14. The van der Waals surface area contributed by atoms with Gasteiger partial charge < -0.3 is 5.32 Å². The molecule has 1 aromatic carbocycles. The minimum absolute atomic E-state index is 0.144. The maximum absolute atomic E-state index is 13.6. The molecule has 0 saturated carbocycles. The normalized spacial score (nSPS) is 10.5. The van der Waals surface area contributed by atoms with Gasteiger partial charge in [0.25, 0.3) is 0 Å². The van der Waals surface area contributed by atoms with Crippen molar-refractivity contribution in [3.63, 3.8) is 0 Å². The van der Waals surface area contributed by atoms with Crippen LogP contribution in [-0.4, -0.2) is 10.9 Å². The Morgan fingerprint density at radius 3 is 2.61 bits per heavy atom. The minimum Gasteiger partial charge on any atom is -0.317 e. The Balaban J connectivity index is 1.68. The largest absolute Gasteiger partial charge is 0.317 e. The van der Waals surface area contributed by atoms with Gasteiger partial charge in [-0.25, -0.2) is 8.78 Å². The number of rotatable bonds is 4. The first kappa shape index (κ1) is 15.3. The maximum atomic E-state index is 13.6. The van der Waals surface area contributed by atoms with E-state index in [9.17, 15) is 13.6 Å². The Labute approximate surface area is 135 Å². The smallest absolute Gasteiger partial charge is 0.229 e. The third-order valence-electron chi connectivity index (χ3n) is 3.24. The van der Waals surface area contributed by atoms with Gasteiger partial charge in [-0.3, -0.25) is 9.78 Å². The number of pyridine rings is 1. The highest BCUT2D eigenvalue weighted by Crippen LogP contribution is 2.28. The molecule has 0 aliphatic heterocycles. The van der Waals surface area contributed by atoms with Gasteiger partial charge >= 0.3 is 0 Å². The molecule has 3 aromatic rings. The van der Waals surface area contributed by atoms with Crippen LogP contribution in [0.5, 0.6) is 0 Å². The van der Waals surface area contributed by atoms with Gasteiger partial charge in [0.05, 0.1) is 11.4 Å². The first-order chi connectivity index (χ1) is 11.1. The van der Waals surface area contributed by atoms with Crippen LogP contribution in [0.4, 0.5) is 13.8 Å². The molecule has 0 radical (unpaired) electrons. The number of carbonyl (C=O) groups is 1. The number of nitrogens with one attached hydrogen (secondary N) is 1. The van der Waals surface area contributed by atoms with E-state index in [1.54, 1.807) is 12.4 Å². The van der Waals surface area contributed by atoms with Crippen LogP contribution in [0.3, 0.4) is 0 Å². The molecule has 0 atom stereocenters. The molecule has 1 N–H and O–H groups in total. The predicted octanol–water partition coefficient (Wildman–Crippen LogP) is 4.27. The van der Waals surface area contributed by atoms with E-state index >= 15 is 0 Å². The van der Waals surface area contributed by atoms with Crippen LogP contribution >= 0.6 is 11.3 Å². The number of carbonyl (C=O) groups excluding carboxylic acids is 1. The van der Waals surface area contributed by atoms with Gasteiger partial charge in [0.1, 0.15) is 11.6 Å². The van der Waals surface area contributed by atoms with E-state index in [0.717, 1.165) is 23.3 Å². The molecular formula is C17H12F2N2OS. The average Bonchev–Trinajstić information content (AvgIpc) is 2.99. The molecule has 23 heavy (non-hydrogen) atoms. The summed E-state index contributed by atoms with van der Waals surface area (Å²) in [4.78, 5) is 15.9. The molecule has 3 rings (SSSR count). The predicted molar refractivity (Wildman–Crippen MR) is 86.2 cm³/mol. The van der Waals surface area contributed by atoms with E-state index in [-0.39, 0.29) is 17.9 Å². The molecule has 6 heteroatoms. The molecule has 0 aliphatic carbocycles. The van der Waals surface area contributed by atoms with Crippen LogP contribution in [0.15, 0.2) is 54.2 Å². The number of anilines is 1. The fourth-order valence-electron chi connectivity index (χ4n) is 2.12. The van der Waals surface area contributed by atoms with Crippen LogP contribution in [0, 0.1) is 11.6 Å². The number of nitrogens with zero attached hydrogens (tertiary/aromatic N) is 1. The van der Waals surface area contributed by atoms with E-state index in [0.29, 0.717) is 5.00 Å². The average molecular weight is 330 g/mol. The van der Waals surface area contributed by atoms with E-state index in [1.807, 2.05) is 23.6 Å². The van der Waals surface area contributed by atoms with Crippen molar-refractivity contribution in [3.05, 3.63) is 71.4 Å². The Morgan fingerprint density at radius 1 is 1.09 bits per heavy atom. The number of thiophene rings is 1. The fourth-order valence-corrected chi connectivity index (χ4v) is 2.94. The quantitative estimate of drug-likeness (QED) is 0.776. The van der Waals surface area contributed by atoms with Crippen molar-refractivity contribution in [2.75, 3.05) is 5.32 Å². The molecular weight excluding hydrogens is 318 g/mol. The zero-order valence-electron chi connectivity index (χ0n) is 11.9. The molecule has 0 unspecified atom stereocenters. The Morgan fingerprint density at radius 2 is 1.87 bits per heavy atom. The summed E-state index contributed by atoms with van der Waals surface area (Å²) in [6.07, 6.45) is 3.25. The second-order valence-corrected chi connectivity index (χ2v) is 5.81. The molecule has 0 fully saturated rings. The van der Waals surface area contributed by atoms with Gasteiger partial charge in [-0.2, -0.15) is 0 Å². The number of hydrogen-bond acceptors (Lipinski definition) is 3. The molecule has 0 aliphatic rings. The number of hydrogen-bond donors (Lipinski definition) is 1. The highest BCUT2D eigenvalue weighted by Gasteiger charge is 2.11. The van der Waals surface area contributed by atoms with Crippen molar-refractivity contribution in [2.45, 2.75) is 6.42 Å². The van der Waals surface area contributed by atoms with Gasteiger partial charge in [0.15, 0.2) is 0 Å². The van der Waals surface area contributed by atoms with Crippen molar-refractivity contribution < 1.29 is 13.6 Å². The van der Waals surface area contributed by atoms with Crippen molar-refractivity contribution >= 4 is 22.2 Å². The van der Waals surface area contributed by atoms with E-state index in [4.69, 9.17) is 0 Å². The lowest BCUT2D eigenvalue weighted by molar-refractivity contribution is -0.115. The van der Waals surface area contributed by atoms with Crippen LogP contribution in [-0.2, 0) is 11.2 Å².